The summed E-state index contributed by atoms with van der Waals surface area (Å²) in [5, 5.41) is 21.1. The minimum atomic E-state index is 0. The fraction of sp³-hybridized carbons (Fsp3) is 0.480. The van der Waals surface area contributed by atoms with Crippen LogP contribution < -0.4 is 4.90 Å². The molecule has 182 valence electrons. The van der Waals surface area contributed by atoms with Crippen molar-refractivity contribution < 1.29 is 26.2 Å². The molecule has 0 aliphatic carbocycles. The van der Waals surface area contributed by atoms with Gasteiger partial charge in [-0.05, 0) is 45.1 Å². The molecule has 0 bridgehead atoms. The smallest absolute Gasteiger partial charge is 0.790 e. The van der Waals surface area contributed by atoms with Crippen LogP contribution in [0, 0.1) is 5.41 Å². The fourth-order valence-corrected chi connectivity index (χ4v) is 3.36. The van der Waals surface area contributed by atoms with Crippen molar-refractivity contribution in [1.29, 1.82) is 5.41 Å². The summed E-state index contributed by atoms with van der Waals surface area (Å²) in [5.41, 5.74) is 3.22. The molecule has 1 fully saturated rings. The Labute approximate surface area is 225 Å². The molecule has 2 aromatic carbocycles. The Balaban J connectivity index is 0.000000578. The van der Waals surface area contributed by atoms with Gasteiger partial charge in [-0.2, -0.15) is 5.75 Å². The number of aliphatic hydroxyl groups is 1. The Bertz CT molecular complexity index is 800. The molecule has 33 heavy (non-hydrogen) atoms. The summed E-state index contributed by atoms with van der Waals surface area (Å²) in [6, 6.07) is 16.7. The molecule has 1 aliphatic rings. The van der Waals surface area contributed by atoms with E-state index in [0.717, 1.165) is 35.9 Å². The monoisotopic (exact) mass is 660 g/mol. The van der Waals surface area contributed by atoms with Crippen molar-refractivity contribution in [1.82, 2.24) is 4.90 Å². The second-order valence-electron chi connectivity index (χ2n) is 8.06. The van der Waals surface area contributed by atoms with Crippen LogP contribution >= 0.6 is 11.6 Å². The summed E-state index contributed by atoms with van der Waals surface area (Å²) in [5.74, 6) is 0.458. The van der Waals surface area contributed by atoms with E-state index < -0.39 is 0 Å². The molecule has 3 rings (SSSR count). The summed E-state index contributed by atoms with van der Waals surface area (Å²) < 4.78 is 0. The molecule has 0 aromatic heterocycles. The van der Waals surface area contributed by atoms with E-state index in [0.29, 0.717) is 22.5 Å². The van der Waals surface area contributed by atoms with Gasteiger partial charge in [0.25, 0.3) is 0 Å². The summed E-state index contributed by atoms with van der Waals surface area (Å²) in [6.07, 6.45) is 1.26. The van der Waals surface area contributed by atoms with Crippen molar-refractivity contribution in [3.8, 4) is 0 Å². The Morgan fingerprint density at radius 1 is 1.18 bits per heavy atom. The number of hydrogen-bond acceptors (Lipinski definition) is 5. The number of rotatable bonds is 6. The first kappa shape index (κ1) is 32.1. The largest absolute Gasteiger partial charge is 2.00 e. The Morgan fingerprint density at radius 3 is 2.24 bits per heavy atom. The molecule has 2 N–H and O–H groups in total. The molecule has 1 saturated heterocycles. The molecule has 0 saturated carbocycles. The number of aliphatic hydroxyl groups excluding tert-OH is 1. The zero-order valence-corrected chi connectivity index (χ0v) is 24.8. The number of nitrogens with one attached hydrogen (secondary N) is 1. The zero-order chi connectivity index (χ0) is 24.1. The summed E-state index contributed by atoms with van der Waals surface area (Å²) in [6.45, 7) is 6.72. The average Bonchev–Trinajstić information content (AvgIpc) is 3.34. The second-order valence-corrected chi connectivity index (χ2v) is 8.90. The summed E-state index contributed by atoms with van der Waals surface area (Å²) >= 11 is 10.3. The molecule has 1 heterocycles. The Hall–Kier alpha value is -0.882. The van der Waals surface area contributed by atoms with E-state index in [1.807, 2.05) is 67.5 Å². The fourth-order valence-electron chi connectivity index (χ4n) is 3.18. The van der Waals surface area contributed by atoms with Crippen molar-refractivity contribution in [3.05, 3.63) is 70.0 Å². The molecule has 1 unspecified atom stereocenters. The number of halogens is 1. The van der Waals surface area contributed by atoms with Gasteiger partial charge in [-0.3, -0.25) is 5.41 Å². The van der Waals surface area contributed by atoms with Crippen LogP contribution in [0.25, 0.3) is 5.32 Å². The van der Waals surface area contributed by atoms with E-state index in [1.54, 1.807) is 0 Å². The van der Waals surface area contributed by atoms with Crippen LogP contribution in [0.3, 0.4) is 0 Å². The van der Waals surface area contributed by atoms with Gasteiger partial charge in [0, 0.05) is 48.6 Å². The number of anilines is 1. The quantitative estimate of drug-likeness (QED) is 0.345. The Kier molecular flexibility index (Phi) is 17.1. The van der Waals surface area contributed by atoms with Gasteiger partial charge < -0.3 is 32.9 Å². The Morgan fingerprint density at radius 2 is 1.79 bits per heavy atom. The maximum absolute atomic E-state index is 8.32. The number of benzene rings is 2. The molecular formula is C25H37ClN4OSW. The predicted octanol–water partition coefficient (Wildman–Crippen LogP) is 4.82. The van der Waals surface area contributed by atoms with Crippen LogP contribution in [-0.4, -0.2) is 74.4 Å². The van der Waals surface area contributed by atoms with Crippen LogP contribution in [0.4, 0.5) is 5.69 Å². The summed E-state index contributed by atoms with van der Waals surface area (Å²) in [7, 11) is 6.12. The van der Waals surface area contributed by atoms with Crippen molar-refractivity contribution in [2.75, 3.05) is 51.5 Å². The van der Waals surface area contributed by atoms with E-state index in [4.69, 9.17) is 22.1 Å². The minimum Gasteiger partial charge on any atom is -0.790 e. The molecular weight excluding hydrogens is 624 g/mol. The maximum atomic E-state index is 8.32. The standard InChI is InChI=1S/C15H15ClN2.C8H17N2.C2H6OS.W/c1-18(2)14-9-8-12(16)10-13(14)15(17)11-6-4-3-5-7-11;1-7(2)10(3)8-4-5-9-6-8;3-1-2-4;/h3-10,17H,1-2H3;7-8H,4-6H2,1-3H3;3-4H,1-2H2;/q;-1;;+2/p-1. The maximum Gasteiger partial charge on any atom is 2.00 e. The van der Waals surface area contributed by atoms with Crippen molar-refractivity contribution in [2.24, 2.45) is 0 Å². The summed E-state index contributed by atoms with van der Waals surface area (Å²) in [4.78, 5) is 4.40. The molecule has 8 heteroatoms. The van der Waals surface area contributed by atoms with Gasteiger partial charge in [0.1, 0.15) is 0 Å². The first-order valence-electron chi connectivity index (χ1n) is 10.9. The first-order chi connectivity index (χ1) is 15.2. The minimum absolute atomic E-state index is 0. The molecule has 2 aromatic rings. The predicted molar refractivity (Wildman–Crippen MR) is 142 cm³/mol. The van der Waals surface area contributed by atoms with Gasteiger partial charge in [-0.1, -0.05) is 48.4 Å². The SMILES string of the molecule is CC(C)N(C)C1CC[N-]C1.CN(C)c1ccc(Cl)cc1C(=N)c1ccccc1.OCC[S-].[W+2]. The van der Waals surface area contributed by atoms with E-state index in [1.165, 1.54) is 6.42 Å². The average molecular weight is 661 g/mol. The van der Waals surface area contributed by atoms with Crippen LogP contribution in [0.2, 0.25) is 5.02 Å². The van der Waals surface area contributed by atoms with Gasteiger partial charge in [0.15, 0.2) is 0 Å². The third kappa shape index (κ3) is 11.4. The third-order valence-electron chi connectivity index (χ3n) is 5.21. The third-order valence-corrected chi connectivity index (χ3v) is 5.63. The zero-order valence-electron chi connectivity index (χ0n) is 20.3. The van der Waals surface area contributed by atoms with Crippen molar-refractivity contribution in [2.45, 2.75) is 32.4 Å². The van der Waals surface area contributed by atoms with E-state index >= 15 is 0 Å². The van der Waals surface area contributed by atoms with E-state index in [9.17, 15) is 0 Å². The van der Waals surface area contributed by atoms with Gasteiger partial charge >= 0.3 is 21.1 Å². The van der Waals surface area contributed by atoms with Gasteiger partial charge in [-0.15, -0.1) is 13.1 Å². The van der Waals surface area contributed by atoms with E-state index in [-0.39, 0.29) is 27.7 Å². The first-order valence-corrected chi connectivity index (χ1v) is 11.8. The molecule has 0 spiro atoms. The van der Waals surface area contributed by atoms with Gasteiger partial charge in [0.05, 0.1) is 5.71 Å². The van der Waals surface area contributed by atoms with Crippen molar-refractivity contribution >= 4 is 35.6 Å². The van der Waals surface area contributed by atoms with E-state index in [2.05, 4.69) is 43.7 Å². The van der Waals surface area contributed by atoms with Crippen LogP contribution in [0.5, 0.6) is 0 Å². The van der Waals surface area contributed by atoms with Crippen LogP contribution in [0.15, 0.2) is 48.5 Å². The topological polar surface area (TPSA) is 64.7 Å². The normalized spacial score (nSPS) is 14.5. The van der Waals surface area contributed by atoms with Crippen molar-refractivity contribution in [3.63, 3.8) is 0 Å². The molecule has 0 radical (unpaired) electrons. The number of nitrogens with zero attached hydrogens (tertiary/aromatic N) is 3. The molecule has 1 atom stereocenters. The molecule has 5 nitrogen and oxygen atoms in total. The van der Waals surface area contributed by atoms with Gasteiger partial charge in [0.2, 0.25) is 0 Å². The number of likely N-dealkylation sites (N-methyl/N-ethyl adjacent to an activating group) is 1. The number of hydrogen-bond donors (Lipinski definition) is 2. The molecule has 1 aliphatic heterocycles. The van der Waals surface area contributed by atoms with Crippen LogP contribution in [0.1, 0.15) is 31.4 Å². The van der Waals surface area contributed by atoms with Gasteiger partial charge in [-0.25, -0.2) is 0 Å². The molecule has 0 amide bonds. The second kappa shape index (κ2) is 17.5. The van der Waals surface area contributed by atoms with Crippen LogP contribution in [-0.2, 0) is 33.7 Å².